The third-order valence-corrected chi connectivity index (χ3v) is 3.85. The van der Waals surface area contributed by atoms with Crippen molar-refractivity contribution in [2.75, 3.05) is 25.9 Å². The highest BCUT2D eigenvalue weighted by molar-refractivity contribution is 5.53. The Morgan fingerprint density at radius 3 is 3.17 bits per heavy atom. The van der Waals surface area contributed by atoms with E-state index < -0.39 is 0 Å². The highest BCUT2D eigenvalue weighted by atomic mass is 15.1. The zero-order chi connectivity index (χ0) is 12.5. The van der Waals surface area contributed by atoms with E-state index in [-0.39, 0.29) is 0 Å². The Balaban J connectivity index is 1.86. The molecular weight excluding hydrogens is 224 g/mol. The average Bonchev–Trinajstić information content (AvgIpc) is 2.74. The van der Waals surface area contributed by atoms with E-state index >= 15 is 0 Å². The quantitative estimate of drug-likeness (QED) is 0.876. The highest BCUT2D eigenvalue weighted by Crippen LogP contribution is 2.21. The maximum Gasteiger partial charge on any atom is 0.115 e. The number of anilines is 1. The number of nitrogens with two attached hydrogens (primary N) is 1. The van der Waals surface area contributed by atoms with Crippen LogP contribution in [0, 0.1) is 5.92 Å². The minimum Gasteiger partial charge on any atom is -0.385 e. The molecule has 4 nitrogen and oxygen atoms in total. The van der Waals surface area contributed by atoms with Gasteiger partial charge in [-0.2, -0.15) is 0 Å². The lowest BCUT2D eigenvalue weighted by molar-refractivity contribution is 0.207. The van der Waals surface area contributed by atoms with E-state index in [9.17, 15) is 0 Å². The van der Waals surface area contributed by atoms with Crippen molar-refractivity contribution >= 4 is 11.3 Å². The summed E-state index contributed by atoms with van der Waals surface area (Å²) in [6.07, 6.45) is 5.52. The second-order valence-corrected chi connectivity index (χ2v) is 5.36. The van der Waals surface area contributed by atoms with Crippen LogP contribution in [0.15, 0.2) is 24.4 Å². The number of nitrogen functional groups attached to an aromatic ring is 1. The van der Waals surface area contributed by atoms with Gasteiger partial charge in [-0.15, -0.1) is 0 Å². The first-order chi connectivity index (χ1) is 8.74. The summed E-state index contributed by atoms with van der Waals surface area (Å²) in [6.45, 7) is 2.39. The van der Waals surface area contributed by atoms with Gasteiger partial charge in [-0.1, -0.05) is 6.07 Å². The summed E-state index contributed by atoms with van der Waals surface area (Å²) in [5, 5.41) is 0. The SMILES string of the molecule is CN1CCCC(Cc2ncc3cccc(N)n23)C1. The second-order valence-electron chi connectivity index (χ2n) is 5.36. The van der Waals surface area contributed by atoms with E-state index in [0.717, 1.165) is 23.6 Å². The van der Waals surface area contributed by atoms with Crippen molar-refractivity contribution in [1.82, 2.24) is 14.3 Å². The van der Waals surface area contributed by atoms with E-state index in [4.69, 9.17) is 5.73 Å². The standard InChI is InChI=1S/C14H20N4/c1-17-7-3-4-11(10-17)8-14-16-9-12-5-2-6-13(15)18(12)14/h2,5-6,9,11H,3-4,7-8,10,15H2,1H3. The van der Waals surface area contributed by atoms with Crippen LogP contribution in [0.25, 0.3) is 5.52 Å². The van der Waals surface area contributed by atoms with Gasteiger partial charge in [0.05, 0.1) is 11.7 Å². The van der Waals surface area contributed by atoms with Gasteiger partial charge in [-0.05, 0) is 44.5 Å². The van der Waals surface area contributed by atoms with Gasteiger partial charge < -0.3 is 10.6 Å². The fourth-order valence-corrected chi connectivity index (χ4v) is 2.98. The second kappa shape index (κ2) is 4.61. The summed E-state index contributed by atoms with van der Waals surface area (Å²) < 4.78 is 2.08. The Morgan fingerprint density at radius 1 is 1.44 bits per heavy atom. The molecule has 96 valence electrons. The minimum absolute atomic E-state index is 0.703. The molecular formula is C14H20N4. The first-order valence-electron chi connectivity index (χ1n) is 6.63. The van der Waals surface area contributed by atoms with Crippen LogP contribution in [0.5, 0.6) is 0 Å². The molecule has 0 aliphatic carbocycles. The third kappa shape index (κ3) is 2.08. The maximum atomic E-state index is 6.05. The molecule has 1 aliphatic heterocycles. The number of hydrogen-bond donors (Lipinski definition) is 1. The molecule has 1 atom stereocenters. The van der Waals surface area contributed by atoms with Gasteiger partial charge in [-0.3, -0.25) is 4.40 Å². The van der Waals surface area contributed by atoms with E-state index in [2.05, 4.69) is 27.4 Å². The normalized spacial score (nSPS) is 21.5. The number of imidazole rings is 1. The predicted molar refractivity (Wildman–Crippen MR) is 73.5 cm³/mol. The van der Waals surface area contributed by atoms with Crippen LogP contribution in [0.4, 0.5) is 5.82 Å². The summed E-state index contributed by atoms with van der Waals surface area (Å²) >= 11 is 0. The summed E-state index contributed by atoms with van der Waals surface area (Å²) in [4.78, 5) is 6.95. The Bertz CT molecular complexity index is 546. The molecule has 1 aliphatic rings. The monoisotopic (exact) mass is 244 g/mol. The summed E-state index contributed by atoms with van der Waals surface area (Å²) in [5.74, 6) is 2.58. The molecule has 2 aromatic heterocycles. The molecule has 2 N–H and O–H groups in total. The Morgan fingerprint density at radius 2 is 2.33 bits per heavy atom. The molecule has 2 aromatic rings. The molecule has 3 rings (SSSR count). The number of hydrogen-bond acceptors (Lipinski definition) is 3. The van der Waals surface area contributed by atoms with Crippen LogP contribution >= 0.6 is 0 Å². The Kier molecular flexibility index (Phi) is 2.96. The molecule has 1 fully saturated rings. The van der Waals surface area contributed by atoms with Crippen LogP contribution < -0.4 is 5.73 Å². The van der Waals surface area contributed by atoms with Crippen molar-refractivity contribution in [3.05, 3.63) is 30.2 Å². The van der Waals surface area contributed by atoms with Crippen molar-refractivity contribution in [2.24, 2.45) is 5.92 Å². The summed E-state index contributed by atoms with van der Waals surface area (Å²) in [7, 11) is 2.20. The van der Waals surface area contributed by atoms with E-state index in [1.54, 1.807) is 0 Å². The largest absolute Gasteiger partial charge is 0.385 e. The van der Waals surface area contributed by atoms with E-state index in [0.29, 0.717) is 5.92 Å². The smallest absolute Gasteiger partial charge is 0.115 e. The van der Waals surface area contributed by atoms with Crippen molar-refractivity contribution in [3.63, 3.8) is 0 Å². The summed E-state index contributed by atoms with van der Waals surface area (Å²) in [5.41, 5.74) is 7.14. The lowest BCUT2D eigenvalue weighted by Crippen LogP contribution is -2.33. The molecule has 18 heavy (non-hydrogen) atoms. The predicted octanol–water partition coefficient (Wildman–Crippen LogP) is 1.80. The lowest BCUT2D eigenvalue weighted by atomic mass is 9.95. The molecule has 0 amide bonds. The van der Waals surface area contributed by atoms with Crippen LogP contribution in [0.3, 0.4) is 0 Å². The van der Waals surface area contributed by atoms with Gasteiger partial charge in [0.15, 0.2) is 0 Å². The number of nitrogens with zero attached hydrogens (tertiary/aromatic N) is 3. The van der Waals surface area contributed by atoms with Crippen molar-refractivity contribution in [1.29, 1.82) is 0 Å². The number of piperidine rings is 1. The molecule has 0 bridgehead atoms. The molecule has 1 saturated heterocycles. The zero-order valence-corrected chi connectivity index (χ0v) is 10.8. The van der Waals surface area contributed by atoms with E-state index in [1.165, 1.54) is 25.9 Å². The van der Waals surface area contributed by atoms with Gasteiger partial charge in [0.2, 0.25) is 0 Å². The van der Waals surface area contributed by atoms with Gasteiger partial charge in [0, 0.05) is 13.0 Å². The maximum absolute atomic E-state index is 6.05. The van der Waals surface area contributed by atoms with Crippen LogP contribution in [0.1, 0.15) is 18.7 Å². The topological polar surface area (TPSA) is 46.6 Å². The molecule has 1 unspecified atom stereocenters. The third-order valence-electron chi connectivity index (χ3n) is 3.85. The zero-order valence-electron chi connectivity index (χ0n) is 10.8. The van der Waals surface area contributed by atoms with Gasteiger partial charge in [0.1, 0.15) is 11.6 Å². The van der Waals surface area contributed by atoms with Crippen molar-refractivity contribution < 1.29 is 0 Å². The molecule has 4 heteroatoms. The number of rotatable bonds is 2. The van der Waals surface area contributed by atoms with Gasteiger partial charge in [0.25, 0.3) is 0 Å². The number of fused-ring (bicyclic) bond motifs is 1. The molecule has 0 radical (unpaired) electrons. The first kappa shape index (κ1) is 11.5. The Labute approximate surface area is 107 Å². The van der Waals surface area contributed by atoms with Gasteiger partial charge >= 0.3 is 0 Å². The summed E-state index contributed by atoms with van der Waals surface area (Å²) in [6, 6.07) is 5.97. The van der Waals surface area contributed by atoms with Crippen LogP contribution in [-0.2, 0) is 6.42 Å². The van der Waals surface area contributed by atoms with Crippen molar-refractivity contribution in [3.8, 4) is 0 Å². The van der Waals surface area contributed by atoms with Crippen molar-refractivity contribution in [2.45, 2.75) is 19.3 Å². The molecule has 0 saturated carbocycles. The first-order valence-corrected chi connectivity index (χ1v) is 6.63. The van der Waals surface area contributed by atoms with E-state index in [1.807, 2.05) is 18.3 Å². The van der Waals surface area contributed by atoms with Gasteiger partial charge in [-0.25, -0.2) is 4.98 Å². The highest BCUT2D eigenvalue weighted by Gasteiger charge is 2.19. The Hall–Kier alpha value is -1.55. The molecule has 0 aromatic carbocycles. The van der Waals surface area contributed by atoms with Crippen LogP contribution in [-0.4, -0.2) is 34.4 Å². The number of likely N-dealkylation sites (tertiary alicyclic amines) is 1. The number of pyridine rings is 1. The lowest BCUT2D eigenvalue weighted by Gasteiger charge is -2.29. The molecule has 3 heterocycles. The number of aromatic nitrogens is 2. The fourth-order valence-electron chi connectivity index (χ4n) is 2.98. The minimum atomic E-state index is 0.703. The average molecular weight is 244 g/mol. The van der Waals surface area contributed by atoms with Crippen LogP contribution in [0.2, 0.25) is 0 Å². The molecule has 0 spiro atoms. The fraction of sp³-hybridized carbons (Fsp3) is 0.500.